The Morgan fingerprint density at radius 3 is 2.09 bits per heavy atom. The fourth-order valence-electron chi connectivity index (χ4n) is 4.13. The van der Waals surface area contributed by atoms with E-state index in [1.54, 1.807) is 19.0 Å². The van der Waals surface area contributed by atoms with Gasteiger partial charge in [0, 0.05) is 24.9 Å². The topological polar surface area (TPSA) is 108 Å². The third-order valence-corrected chi connectivity index (χ3v) is 5.77. The van der Waals surface area contributed by atoms with Gasteiger partial charge in [0.25, 0.3) is 0 Å². The van der Waals surface area contributed by atoms with E-state index in [1.165, 1.54) is 0 Å². The molecule has 0 spiro atoms. The molecule has 2 aromatic carbocycles. The first-order chi connectivity index (χ1) is 15.8. The highest BCUT2D eigenvalue weighted by Crippen LogP contribution is 2.44. The van der Waals surface area contributed by atoms with Crippen LogP contribution in [-0.4, -0.2) is 67.3 Å². The molecule has 2 aromatic rings. The second kappa shape index (κ2) is 11.0. The zero-order valence-corrected chi connectivity index (χ0v) is 19.2. The fourth-order valence-corrected chi connectivity index (χ4v) is 4.13. The zero-order valence-electron chi connectivity index (χ0n) is 19.2. The molecule has 3 N–H and O–H groups in total. The van der Waals surface area contributed by atoms with Gasteiger partial charge in [0.1, 0.15) is 12.6 Å². The van der Waals surface area contributed by atoms with E-state index in [0.29, 0.717) is 6.42 Å². The summed E-state index contributed by atoms with van der Waals surface area (Å²) in [6.07, 6.45) is -0.124. The lowest BCUT2D eigenvalue weighted by atomic mass is 9.98. The summed E-state index contributed by atoms with van der Waals surface area (Å²) >= 11 is 0. The van der Waals surface area contributed by atoms with Crippen molar-refractivity contribution in [1.29, 1.82) is 0 Å². The number of nitrogens with one attached hydrogen (secondary N) is 2. The average molecular weight is 454 g/mol. The first-order valence-electron chi connectivity index (χ1n) is 11.1. The number of amides is 2. The summed E-state index contributed by atoms with van der Waals surface area (Å²) in [6, 6.07) is 14.7. The summed E-state index contributed by atoms with van der Waals surface area (Å²) in [5, 5.41) is 14.5. The van der Waals surface area contributed by atoms with E-state index >= 15 is 0 Å². The number of benzene rings is 2. The van der Waals surface area contributed by atoms with Gasteiger partial charge in [-0.25, -0.2) is 9.59 Å². The predicted octanol–water partition coefficient (Wildman–Crippen LogP) is 2.82. The van der Waals surface area contributed by atoms with Crippen LogP contribution in [0.4, 0.5) is 4.79 Å². The molecule has 0 saturated carbocycles. The first-order valence-corrected chi connectivity index (χ1v) is 11.1. The Morgan fingerprint density at radius 1 is 1.00 bits per heavy atom. The monoisotopic (exact) mass is 453 g/mol. The largest absolute Gasteiger partial charge is 0.480 e. The van der Waals surface area contributed by atoms with E-state index in [-0.39, 0.29) is 25.5 Å². The number of nitrogens with zero attached hydrogens (tertiary/aromatic N) is 1. The highest BCUT2D eigenvalue weighted by molar-refractivity contribution is 5.84. The molecule has 0 saturated heterocycles. The SMILES string of the molecule is CCC(CC(=O)NC(CN(C)C)C(=O)O)NC(=O)OCC1c2ccccc2-c2ccccc21. The van der Waals surface area contributed by atoms with Gasteiger partial charge < -0.3 is 25.4 Å². The molecule has 0 bridgehead atoms. The van der Waals surface area contributed by atoms with Gasteiger partial charge in [-0.1, -0.05) is 55.5 Å². The number of hydrogen-bond donors (Lipinski definition) is 3. The summed E-state index contributed by atoms with van der Waals surface area (Å²) in [5.74, 6) is -1.58. The van der Waals surface area contributed by atoms with Gasteiger partial charge in [-0.05, 0) is 42.8 Å². The molecule has 0 heterocycles. The van der Waals surface area contributed by atoms with Crippen molar-refractivity contribution >= 4 is 18.0 Å². The van der Waals surface area contributed by atoms with Gasteiger partial charge in [0.05, 0.1) is 0 Å². The highest BCUT2D eigenvalue weighted by atomic mass is 16.5. The van der Waals surface area contributed by atoms with Crippen molar-refractivity contribution in [2.75, 3.05) is 27.2 Å². The lowest BCUT2D eigenvalue weighted by molar-refractivity contribution is -0.142. The predicted molar refractivity (Wildman–Crippen MR) is 125 cm³/mol. The first kappa shape index (κ1) is 24.3. The summed E-state index contributed by atoms with van der Waals surface area (Å²) < 4.78 is 5.54. The van der Waals surface area contributed by atoms with Crippen LogP contribution in [0.2, 0.25) is 0 Å². The Balaban J connectivity index is 1.55. The molecule has 3 rings (SSSR count). The van der Waals surface area contributed by atoms with Crippen molar-refractivity contribution in [2.24, 2.45) is 0 Å². The van der Waals surface area contributed by atoms with Crippen molar-refractivity contribution in [3.05, 3.63) is 59.7 Å². The molecule has 2 atom stereocenters. The van der Waals surface area contributed by atoms with E-state index < -0.39 is 30.1 Å². The van der Waals surface area contributed by atoms with Gasteiger partial charge in [-0.2, -0.15) is 0 Å². The van der Waals surface area contributed by atoms with Crippen LogP contribution >= 0.6 is 0 Å². The van der Waals surface area contributed by atoms with Gasteiger partial charge in [0.15, 0.2) is 0 Å². The molecule has 33 heavy (non-hydrogen) atoms. The Morgan fingerprint density at radius 2 is 1.58 bits per heavy atom. The molecule has 0 fully saturated rings. The van der Waals surface area contributed by atoms with Crippen LogP contribution in [0.25, 0.3) is 11.1 Å². The standard InChI is InChI=1S/C25H31N3O5/c1-4-16(13-23(29)27-22(24(30)31)14-28(2)3)26-25(32)33-15-21-19-11-7-5-9-17(19)18-10-6-8-12-20(18)21/h5-12,16,21-22H,4,13-15H2,1-3H3,(H,26,32)(H,27,29)(H,30,31). The quantitative estimate of drug-likeness (QED) is 0.511. The summed E-state index contributed by atoms with van der Waals surface area (Å²) in [6.45, 7) is 2.21. The van der Waals surface area contributed by atoms with E-state index in [9.17, 15) is 19.5 Å². The molecule has 0 aliphatic heterocycles. The summed E-state index contributed by atoms with van der Waals surface area (Å²) in [7, 11) is 3.46. The number of carbonyl (C=O) groups is 3. The van der Waals surface area contributed by atoms with E-state index in [1.807, 2.05) is 43.3 Å². The summed E-state index contributed by atoms with van der Waals surface area (Å²) in [4.78, 5) is 37.9. The number of hydrogen-bond acceptors (Lipinski definition) is 5. The Bertz CT molecular complexity index is 962. The van der Waals surface area contributed by atoms with Crippen LogP contribution in [0, 0.1) is 0 Å². The Hall–Kier alpha value is -3.39. The Kier molecular flexibility index (Phi) is 8.06. The minimum Gasteiger partial charge on any atom is -0.480 e. The normalized spacial score (nSPS) is 14.2. The third kappa shape index (κ3) is 6.10. The molecule has 0 aromatic heterocycles. The molecule has 2 unspecified atom stereocenters. The number of aliphatic carboxylic acids is 1. The number of alkyl carbamates (subject to hydrolysis) is 1. The van der Waals surface area contributed by atoms with Crippen molar-refractivity contribution in [3.63, 3.8) is 0 Å². The van der Waals surface area contributed by atoms with Gasteiger partial charge in [-0.3, -0.25) is 4.79 Å². The molecular weight excluding hydrogens is 422 g/mol. The molecule has 1 aliphatic rings. The number of fused-ring (bicyclic) bond motifs is 3. The van der Waals surface area contributed by atoms with Crippen molar-refractivity contribution in [1.82, 2.24) is 15.5 Å². The molecule has 2 amide bonds. The van der Waals surface area contributed by atoms with Gasteiger partial charge >= 0.3 is 12.1 Å². The van der Waals surface area contributed by atoms with Crippen LogP contribution in [0.15, 0.2) is 48.5 Å². The molecule has 8 heteroatoms. The lowest BCUT2D eigenvalue weighted by Crippen LogP contribution is -2.48. The van der Waals surface area contributed by atoms with Crippen LogP contribution in [-0.2, 0) is 14.3 Å². The average Bonchev–Trinajstić information content (AvgIpc) is 3.10. The van der Waals surface area contributed by atoms with Crippen LogP contribution in [0.5, 0.6) is 0 Å². The number of carbonyl (C=O) groups excluding carboxylic acids is 2. The number of rotatable bonds is 10. The number of likely N-dealkylation sites (N-methyl/N-ethyl adjacent to an activating group) is 1. The van der Waals surface area contributed by atoms with E-state index in [2.05, 4.69) is 22.8 Å². The minimum absolute atomic E-state index is 0.0299. The fraction of sp³-hybridized carbons (Fsp3) is 0.400. The van der Waals surface area contributed by atoms with Gasteiger partial charge in [0.2, 0.25) is 5.91 Å². The smallest absolute Gasteiger partial charge is 0.407 e. The number of carboxylic acid groups (broad SMARTS) is 1. The maximum atomic E-state index is 12.5. The molecule has 176 valence electrons. The molecule has 8 nitrogen and oxygen atoms in total. The van der Waals surface area contributed by atoms with Crippen molar-refractivity contribution < 1.29 is 24.2 Å². The van der Waals surface area contributed by atoms with E-state index in [0.717, 1.165) is 22.3 Å². The zero-order chi connectivity index (χ0) is 24.0. The van der Waals surface area contributed by atoms with Crippen LogP contribution < -0.4 is 10.6 Å². The minimum atomic E-state index is -1.10. The molecule has 0 radical (unpaired) electrons. The van der Waals surface area contributed by atoms with Crippen molar-refractivity contribution in [3.8, 4) is 11.1 Å². The number of carboxylic acids is 1. The molecular formula is C25H31N3O5. The second-order valence-electron chi connectivity index (χ2n) is 8.50. The van der Waals surface area contributed by atoms with Crippen molar-refractivity contribution in [2.45, 2.75) is 37.8 Å². The van der Waals surface area contributed by atoms with Crippen LogP contribution in [0.1, 0.15) is 36.8 Å². The maximum absolute atomic E-state index is 12.5. The Labute approximate surface area is 193 Å². The summed E-state index contributed by atoms with van der Waals surface area (Å²) in [5.41, 5.74) is 4.55. The van der Waals surface area contributed by atoms with Gasteiger partial charge in [-0.15, -0.1) is 0 Å². The van der Waals surface area contributed by atoms with Crippen LogP contribution in [0.3, 0.4) is 0 Å². The van der Waals surface area contributed by atoms with E-state index in [4.69, 9.17) is 4.74 Å². The highest BCUT2D eigenvalue weighted by Gasteiger charge is 2.29. The third-order valence-electron chi connectivity index (χ3n) is 5.77. The number of ether oxygens (including phenoxy) is 1. The lowest BCUT2D eigenvalue weighted by Gasteiger charge is -2.21. The second-order valence-corrected chi connectivity index (χ2v) is 8.50. The molecule has 1 aliphatic carbocycles. The maximum Gasteiger partial charge on any atom is 0.407 e.